The smallest absolute Gasteiger partial charge is 0.0475 e. The predicted molar refractivity (Wildman–Crippen MR) is 88.0 cm³/mol. The number of benzene rings is 1. The van der Waals surface area contributed by atoms with Gasteiger partial charge in [-0.25, -0.2) is 0 Å². The maximum Gasteiger partial charge on any atom is 0.0475 e. The van der Waals surface area contributed by atoms with Gasteiger partial charge in [0.15, 0.2) is 0 Å². The second-order valence-corrected chi connectivity index (χ2v) is 6.27. The van der Waals surface area contributed by atoms with Gasteiger partial charge in [-0.15, -0.1) is 0 Å². The van der Waals surface area contributed by atoms with E-state index in [9.17, 15) is 0 Å². The van der Waals surface area contributed by atoms with E-state index in [2.05, 4.69) is 49.6 Å². The van der Waals surface area contributed by atoms with Gasteiger partial charge >= 0.3 is 0 Å². The highest BCUT2D eigenvalue weighted by molar-refractivity contribution is 5.28. The van der Waals surface area contributed by atoms with Gasteiger partial charge in [0.25, 0.3) is 0 Å². The van der Waals surface area contributed by atoms with Gasteiger partial charge in [0.05, 0.1) is 0 Å². The third-order valence-corrected chi connectivity index (χ3v) is 5.33. The summed E-state index contributed by atoms with van der Waals surface area (Å²) in [4.78, 5) is 0. The molecular weight excluding hydrogens is 260 g/mol. The number of hydrogen-bond acceptors (Lipinski definition) is 3. The molecule has 21 heavy (non-hydrogen) atoms. The molecule has 0 aliphatic carbocycles. The Bertz CT molecular complexity index is 397. The fourth-order valence-corrected chi connectivity index (χ4v) is 3.75. The number of nitrogens with one attached hydrogen (secondary N) is 1. The molecule has 0 radical (unpaired) electrons. The molecule has 118 valence electrons. The molecule has 1 unspecified atom stereocenters. The van der Waals surface area contributed by atoms with Crippen molar-refractivity contribution < 1.29 is 4.74 Å². The topological polar surface area (TPSA) is 47.3 Å². The highest BCUT2D eigenvalue weighted by Crippen LogP contribution is 2.40. The maximum absolute atomic E-state index is 5.99. The Morgan fingerprint density at radius 2 is 1.76 bits per heavy atom. The molecule has 3 N–H and O–H groups in total. The van der Waals surface area contributed by atoms with Crippen molar-refractivity contribution >= 4 is 0 Å². The average Bonchev–Trinajstić information content (AvgIpc) is 2.57. The van der Waals surface area contributed by atoms with E-state index in [1.807, 2.05) is 0 Å². The van der Waals surface area contributed by atoms with Crippen LogP contribution in [0.5, 0.6) is 0 Å². The van der Waals surface area contributed by atoms with Crippen LogP contribution >= 0.6 is 0 Å². The van der Waals surface area contributed by atoms with E-state index in [4.69, 9.17) is 10.6 Å². The Morgan fingerprint density at radius 3 is 2.29 bits per heavy atom. The summed E-state index contributed by atoms with van der Waals surface area (Å²) in [6.07, 6.45) is 5.67. The lowest BCUT2D eigenvalue weighted by Gasteiger charge is -2.45. The Labute approximate surface area is 129 Å². The first-order valence-corrected chi connectivity index (χ1v) is 8.36. The number of hydrogen-bond donors (Lipinski definition) is 2. The van der Waals surface area contributed by atoms with Gasteiger partial charge in [-0.1, -0.05) is 57.0 Å². The van der Waals surface area contributed by atoms with Crippen LogP contribution in [0.4, 0.5) is 0 Å². The molecule has 0 spiro atoms. The third kappa shape index (κ3) is 3.65. The van der Waals surface area contributed by atoms with E-state index in [1.165, 1.54) is 18.4 Å². The third-order valence-electron chi connectivity index (χ3n) is 5.33. The zero-order valence-electron chi connectivity index (χ0n) is 13.5. The lowest BCUT2D eigenvalue weighted by molar-refractivity contribution is 0.0299. The first kappa shape index (κ1) is 16.5. The highest BCUT2D eigenvalue weighted by Gasteiger charge is 2.41. The molecule has 3 heteroatoms. The normalized spacial score (nSPS) is 19.6. The van der Waals surface area contributed by atoms with Gasteiger partial charge < -0.3 is 4.74 Å². The summed E-state index contributed by atoms with van der Waals surface area (Å²) in [5.74, 6) is 6.72. The predicted octanol–water partition coefficient (Wildman–Crippen LogP) is 3.39. The molecule has 3 nitrogen and oxygen atoms in total. The molecule has 1 heterocycles. The van der Waals surface area contributed by atoms with E-state index in [-0.39, 0.29) is 5.41 Å². The van der Waals surface area contributed by atoms with Gasteiger partial charge in [0.1, 0.15) is 0 Å². The highest BCUT2D eigenvalue weighted by atomic mass is 16.5. The van der Waals surface area contributed by atoms with Crippen molar-refractivity contribution in [1.82, 2.24) is 5.43 Å². The fraction of sp³-hybridized carbons (Fsp3) is 0.667. The average molecular weight is 290 g/mol. The van der Waals surface area contributed by atoms with Crippen molar-refractivity contribution in [2.45, 2.75) is 57.4 Å². The van der Waals surface area contributed by atoms with Crippen LogP contribution in [0, 0.1) is 5.92 Å². The van der Waals surface area contributed by atoms with Crippen molar-refractivity contribution in [3.05, 3.63) is 35.9 Å². The number of rotatable bonds is 7. The number of nitrogens with two attached hydrogens (primary N) is 1. The lowest BCUT2D eigenvalue weighted by atomic mass is 9.66. The maximum atomic E-state index is 5.99. The molecular formula is C18H30N2O. The zero-order chi connectivity index (χ0) is 15.1. The molecule has 0 bridgehead atoms. The molecule has 1 aromatic carbocycles. The minimum Gasteiger partial charge on any atom is -0.381 e. The monoisotopic (exact) mass is 290 g/mol. The number of hydrazine groups is 1. The minimum absolute atomic E-state index is 0.108. The summed E-state index contributed by atoms with van der Waals surface area (Å²) in [5, 5.41) is 0. The van der Waals surface area contributed by atoms with E-state index >= 15 is 0 Å². The van der Waals surface area contributed by atoms with E-state index in [1.54, 1.807) is 0 Å². The first-order valence-electron chi connectivity index (χ1n) is 8.36. The second kappa shape index (κ2) is 7.92. The number of ether oxygens (including phenoxy) is 1. The minimum atomic E-state index is 0.108. The molecule has 1 aromatic rings. The van der Waals surface area contributed by atoms with Crippen LogP contribution < -0.4 is 11.3 Å². The SMILES string of the molecule is CCC(CC)CC(NN)C1(c2ccccc2)CCOCC1. The Kier molecular flexibility index (Phi) is 6.22. The van der Waals surface area contributed by atoms with E-state index < -0.39 is 0 Å². The molecule has 0 amide bonds. The molecule has 2 rings (SSSR count). The van der Waals surface area contributed by atoms with Crippen LogP contribution in [0.25, 0.3) is 0 Å². The van der Waals surface area contributed by atoms with Crippen molar-refractivity contribution in [2.24, 2.45) is 11.8 Å². The lowest BCUT2D eigenvalue weighted by Crippen LogP contribution is -2.54. The van der Waals surface area contributed by atoms with Crippen molar-refractivity contribution in [3.63, 3.8) is 0 Å². The van der Waals surface area contributed by atoms with Crippen molar-refractivity contribution in [3.8, 4) is 0 Å². The van der Waals surface area contributed by atoms with Crippen LogP contribution in [0.15, 0.2) is 30.3 Å². The zero-order valence-corrected chi connectivity index (χ0v) is 13.5. The van der Waals surface area contributed by atoms with Gasteiger partial charge in [-0.3, -0.25) is 11.3 Å². The summed E-state index contributed by atoms with van der Waals surface area (Å²) in [7, 11) is 0. The standard InChI is InChI=1S/C18H30N2O/c1-3-15(4-2)14-17(20-19)18(10-12-21-13-11-18)16-8-6-5-7-9-16/h5-9,15,17,20H,3-4,10-14,19H2,1-2H3. The summed E-state index contributed by atoms with van der Waals surface area (Å²) in [6.45, 7) is 6.22. The molecule has 1 fully saturated rings. The van der Waals surface area contributed by atoms with E-state index in [0.717, 1.165) is 38.4 Å². The molecule has 0 aromatic heterocycles. The summed E-state index contributed by atoms with van der Waals surface area (Å²) in [5.41, 5.74) is 4.67. The fourth-order valence-electron chi connectivity index (χ4n) is 3.75. The van der Waals surface area contributed by atoms with Gasteiger partial charge in [0, 0.05) is 24.7 Å². The summed E-state index contributed by atoms with van der Waals surface area (Å²) < 4.78 is 5.63. The largest absolute Gasteiger partial charge is 0.381 e. The Morgan fingerprint density at radius 1 is 1.14 bits per heavy atom. The summed E-state index contributed by atoms with van der Waals surface area (Å²) in [6, 6.07) is 11.2. The van der Waals surface area contributed by atoms with Crippen LogP contribution in [-0.2, 0) is 10.2 Å². The van der Waals surface area contributed by atoms with Crippen LogP contribution in [0.3, 0.4) is 0 Å². The Balaban J connectivity index is 2.29. The van der Waals surface area contributed by atoms with Crippen LogP contribution in [0.1, 0.15) is 51.5 Å². The molecule has 1 aliphatic rings. The molecule has 1 aliphatic heterocycles. The Hall–Kier alpha value is -0.900. The molecule has 0 saturated carbocycles. The quantitative estimate of drug-likeness (QED) is 0.598. The van der Waals surface area contributed by atoms with Crippen molar-refractivity contribution in [1.29, 1.82) is 0 Å². The van der Waals surface area contributed by atoms with Crippen LogP contribution in [0.2, 0.25) is 0 Å². The van der Waals surface area contributed by atoms with Crippen LogP contribution in [-0.4, -0.2) is 19.3 Å². The van der Waals surface area contributed by atoms with Gasteiger partial charge in [-0.05, 0) is 30.7 Å². The molecule has 1 saturated heterocycles. The van der Waals surface area contributed by atoms with Crippen molar-refractivity contribution in [2.75, 3.05) is 13.2 Å². The van der Waals surface area contributed by atoms with E-state index in [0.29, 0.717) is 6.04 Å². The van der Waals surface area contributed by atoms with Gasteiger partial charge in [-0.2, -0.15) is 0 Å². The summed E-state index contributed by atoms with van der Waals surface area (Å²) >= 11 is 0. The second-order valence-electron chi connectivity index (χ2n) is 6.27. The van der Waals surface area contributed by atoms with Gasteiger partial charge in [0.2, 0.25) is 0 Å². The molecule has 1 atom stereocenters. The first-order chi connectivity index (χ1) is 10.3.